The fourth-order valence-electron chi connectivity index (χ4n) is 2.50. The Morgan fingerprint density at radius 1 is 1.00 bits per heavy atom. The monoisotopic (exact) mass is 182 g/mol. The second kappa shape index (κ2) is 2.58. The van der Waals surface area contributed by atoms with E-state index in [1.165, 1.54) is 0 Å². The number of aliphatic carboxylic acids is 2. The first-order chi connectivity index (χ1) is 6.11. The summed E-state index contributed by atoms with van der Waals surface area (Å²) in [5.74, 6) is -3.53. The third-order valence-corrected chi connectivity index (χ3v) is 3.03. The van der Waals surface area contributed by atoms with Crippen molar-refractivity contribution in [3.05, 3.63) is 12.2 Å². The maximum absolute atomic E-state index is 10.8. The van der Waals surface area contributed by atoms with Crippen LogP contribution in [0.15, 0.2) is 12.2 Å². The highest BCUT2D eigenvalue weighted by Crippen LogP contribution is 2.48. The van der Waals surface area contributed by atoms with E-state index in [0.717, 1.165) is 0 Å². The van der Waals surface area contributed by atoms with Crippen molar-refractivity contribution in [3.8, 4) is 0 Å². The molecule has 0 radical (unpaired) electrons. The number of fused-ring (bicyclic) bond motifs is 2. The van der Waals surface area contributed by atoms with Crippen molar-refractivity contribution in [2.45, 2.75) is 6.42 Å². The summed E-state index contributed by atoms with van der Waals surface area (Å²) >= 11 is 0. The van der Waals surface area contributed by atoms with Gasteiger partial charge < -0.3 is 10.2 Å². The molecule has 1 fully saturated rings. The molecule has 13 heavy (non-hydrogen) atoms. The Balaban J connectivity index is 2.30. The van der Waals surface area contributed by atoms with Gasteiger partial charge in [-0.05, 0) is 18.3 Å². The van der Waals surface area contributed by atoms with E-state index in [4.69, 9.17) is 10.2 Å². The summed E-state index contributed by atoms with van der Waals surface area (Å²) in [7, 11) is 0. The summed E-state index contributed by atoms with van der Waals surface area (Å²) in [5, 5.41) is 17.7. The lowest BCUT2D eigenvalue weighted by molar-refractivity contribution is -0.154. The first kappa shape index (κ1) is 8.29. The van der Waals surface area contributed by atoms with Crippen LogP contribution in [-0.4, -0.2) is 22.2 Å². The van der Waals surface area contributed by atoms with E-state index in [2.05, 4.69) is 0 Å². The molecule has 0 amide bonds. The quantitative estimate of drug-likeness (QED) is 0.613. The molecule has 4 heteroatoms. The Bertz CT molecular complexity index is 266. The second-order valence-corrected chi connectivity index (χ2v) is 3.68. The molecular formula is C9H10O4. The Hall–Kier alpha value is -1.32. The van der Waals surface area contributed by atoms with E-state index >= 15 is 0 Å². The molecule has 0 heterocycles. The summed E-state index contributed by atoms with van der Waals surface area (Å²) in [6, 6.07) is 0. The van der Waals surface area contributed by atoms with Crippen LogP contribution in [0.2, 0.25) is 0 Å². The Labute approximate surface area is 74.9 Å². The molecule has 0 spiro atoms. The van der Waals surface area contributed by atoms with E-state index in [0.29, 0.717) is 6.42 Å². The highest BCUT2D eigenvalue weighted by atomic mass is 16.4. The predicted octanol–water partition coefficient (Wildman–Crippen LogP) is 0.594. The number of rotatable bonds is 2. The minimum Gasteiger partial charge on any atom is -0.481 e. The van der Waals surface area contributed by atoms with Gasteiger partial charge in [0.1, 0.15) is 0 Å². The summed E-state index contributed by atoms with van der Waals surface area (Å²) < 4.78 is 0. The summed E-state index contributed by atoms with van der Waals surface area (Å²) in [5.41, 5.74) is 0. The molecule has 0 aromatic carbocycles. The Morgan fingerprint density at radius 2 is 1.38 bits per heavy atom. The van der Waals surface area contributed by atoms with Crippen molar-refractivity contribution >= 4 is 11.9 Å². The highest BCUT2D eigenvalue weighted by Gasteiger charge is 2.51. The molecule has 4 atom stereocenters. The number of carbonyl (C=O) groups is 2. The topological polar surface area (TPSA) is 74.6 Å². The maximum atomic E-state index is 10.8. The van der Waals surface area contributed by atoms with Crippen LogP contribution in [-0.2, 0) is 9.59 Å². The van der Waals surface area contributed by atoms with E-state index in [9.17, 15) is 9.59 Å². The molecule has 4 nitrogen and oxygen atoms in total. The molecule has 1 saturated carbocycles. The van der Waals surface area contributed by atoms with Crippen molar-refractivity contribution in [3.63, 3.8) is 0 Å². The van der Waals surface area contributed by atoms with Gasteiger partial charge in [-0.25, -0.2) is 0 Å². The van der Waals surface area contributed by atoms with Gasteiger partial charge in [0.25, 0.3) is 0 Å². The van der Waals surface area contributed by atoms with Gasteiger partial charge in [0, 0.05) is 0 Å². The van der Waals surface area contributed by atoms with Crippen molar-refractivity contribution in [1.82, 2.24) is 0 Å². The highest BCUT2D eigenvalue weighted by molar-refractivity contribution is 5.82. The van der Waals surface area contributed by atoms with E-state index in [1.807, 2.05) is 12.2 Å². The van der Waals surface area contributed by atoms with Crippen LogP contribution in [0.25, 0.3) is 0 Å². The molecule has 0 aromatic rings. The molecule has 2 N–H and O–H groups in total. The number of hydrogen-bond donors (Lipinski definition) is 2. The molecular weight excluding hydrogens is 172 g/mol. The molecule has 0 saturated heterocycles. The fraction of sp³-hybridized carbons (Fsp3) is 0.556. The molecule has 2 bridgehead atoms. The van der Waals surface area contributed by atoms with Gasteiger partial charge in [-0.2, -0.15) is 0 Å². The minimum absolute atomic E-state index is 0.0661. The van der Waals surface area contributed by atoms with Crippen molar-refractivity contribution in [2.75, 3.05) is 0 Å². The Morgan fingerprint density at radius 3 is 1.69 bits per heavy atom. The van der Waals surface area contributed by atoms with E-state index in [-0.39, 0.29) is 11.8 Å². The molecule has 2 aliphatic rings. The molecule has 0 aliphatic heterocycles. The smallest absolute Gasteiger partial charge is 0.307 e. The summed E-state index contributed by atoms with van der Waals surface area (Å²) in [6.45, 7) is 0. The lowest BCUT2D eigenvalue weighted by Gasteiger charge is -2.20. The van der Waals surface area contributed by atoms with Crippen LogP contribution in [0.3, 0.4) is 0 Å². The van der Waals surface area contributed by atoms with Crippen molar-refractivity contribution < 1.29 is 19.8 Å². The zero-order chi connectivity index (χ0) is 9.59. The van der Waals surface area contributed by atoms with Gasteiger partial charge in [-0.3, -0.25) is 9.59 Å². The number of allylic oxidation sites excluding steroid dienone is 2. The zero-order valence-electron chi connectivity index (χ0n) is 6.88. The van der Waals surface area contributed by atoms with Crippen LogP contribution in [0.4, 0.5) is 0 Å². The predicted molar refractivity (Wildman–Crippen MR) is 43.0 cm³/mol. The van der Waals surface area contributed by atoms with Gasteiger partial charge >= 0.3 is 11.9 Å². The number of hydrogen-bond acceptors (Lipinski definition) is 2. The van der Waals surface area contributed by atoms with Crippen LogP contribution in [0.1, 0.15) is 6.42 Å². The van der Waals surface area contributed by atoms with Crippen molar-refractivity contribution in [1.29, 1.82) is 0 Å². The molecule has 0 aromatic heterocycles. The van der Waals surface area contributed by atoms with Gasteiger partial charge in [-0.1, -0.05) is 12.2 Å². The second-order valence-electron chi connectivity index (χ2n) is 3.68. The molecule has 2 aliphatic carbocycles. The average Bonchev–Trinajstić information content (AvgIpc) is 2.60. The zero-order valence-corrected chi connectivity index (χ0v) is 6.88. The van der Waals surface area contributed by atoms with Crippen LogP contribution in [0, 0.1) is 23.7 Å². The minimum atomic E-state index is -0.982. The van der Waals surface area contributed by atoms with Gasteiger partial charge in [0.2, 0.25) is 0 Å². The SMILES string of the molecule is O=C(O)C1[C@@H]2C=C[C@@H](C2)[C@H]1C(=O)O. The number of carboxylic acids is 2. The fourth-order valence-corrected chi connectivity index (χ4v) is 2.50. The van der Waals surface area contributed by atoms with Gasteiger partial charge in [-0.15, -0.1) is 0 Å². The molecule has 1 unspecified atom stereocenters. The summed E-state index contributed by atoms with van der Waals surface area (Å²) in [6.07, 6.45) is 4.36. The Kier molecular flexibility index (Phi) is 1.65. The van der Waals surface area contributed by atoms with Crippen LogP contribution < -0.4 is 0 Å². The molecule has 2 rings (SSSR count). The van der Waals surface area contributed by atoms with E-state index in [1.54, 1.807) is 0 Å². The first-order valence-electron chi connectivity index (χ1n) is 4.25. The summed E-state index contributed by atoms with van der Waals surface area (Å²) in [4.78, 5) is 21.6. The van der Waals surface area contributed by atoms with Crippen LogP contribution >= 0.6 is 0 Å². The van der Waals surface area contributed by atoms with Crippen molar-refractivity contribution in [2.24, 2.45) is 23.7 Å². The van der Waals surface area contributed by atoms with Gasteiger partial charge in [0.05, 0.1) is 11.8 Å². The lowest BCUT2D eigenvalue weighted by Crippen LogP contribution is -2.32. The standard InChI is InChI=1S/C9H10O4/c10-8(11)6-4-1-2-5(3-4)7(6)9(12)13/h1-2,4-7H,3H2,(H,10,11)(H,12,13)/t4-,5+,6+,7?/m0/s1. The third-order valence-electron chi connectivity index (χ3n) is 3.03. The number of carboxylic acid groups (broad SMARTS) is 2. The van der Waals surface area contributed by atoms with Crippen LogP contribution in [0.5, 0.6) is 0 Å². The van der Waals surface area contributed by atoms with Gasteiger partial charge in [0.15, 0.2) is 0 Å². The lowest BCUT2D eigenvalue weighted by atomic mass is 9.83. The van der Waals surface area contributed by atoms with E-state index < -0.39 is 23.8 Å². The maximum Gasteiger partial charge on any atom is 0.307 e. The average molecular weight is 182 g/mol. The third kappa shape index (κ3) is 1.05. The molecule has 70 valence electrons. The normalized spacial score (nSPS) is 40.9. The largest absolute Gasteiger partial charge is 0.481 e. The first-order valence-corrected chi connectivity index (χ1v) is 4.25.